The van der Waals surface area contributed by atoms with Crippen LogP contribution in [-0.2, 0) is 14.8 Å². The van der Waals surface area contributed by atoms with Crippen molar-refractivity contribution in [3.8, 4) is 0 Å². The van der Waals surface area contributed by atoms with Gasteiger partial charge in [0.25, 0.3) is 0 Å². The molecule has 0 spiro atoms. The first-order valence-electron chi connectivity index (χ1n) is 7.25. The van der Waals surface area contributed by atoms with Crippen molar-refractivity contribution >= 4 is 33.2 Å². The highest BCUT2D eigenvalue weighted by molar-refractivity contribution is 7.88. The van der Waals surface area contributed by atoms with Crippen molar-refractivity contribution in [3.05, 3.63) is 64.7 Å². The van der Waals surface area contributed by atoms with E-state index in [1.165, 1.54) is 7.05 Å². The molecule has 5 nitrogen and oxygen atoms in total. The predicted octanol–water partition coefficient (Wildman–Crippen LogP) is 3.22. The lowest BCUT2D eigenvalue weighted by Crippen LogP contribution is -2.38. The zero-order valence-electron chi connectivity index (χ0n) is 13.7. The average molecular weight is 367 g/mol. The van der Waals surface area contributed by atoms with Gasteiger partial charge in [0.15, 0.2) is 0 Å². The molecule has 0 heterocycles. The minimum absolute atomic E-state index is 0.445. The Balaban J connectivity index is 2.40. The molecule has 1 N–H and O–H groups in total. The van der Waals surface area contributed by atoms with E-state index in [-0.39, 0.29) is 0 Å². The van der Waals surface area contributed by atoms with Gasteiger partial charge in [0.05, 0.1) is 6.26 Å². The minimum Gasteiger partial charge on any atom is -0.324 e. The fraction of sp³-hybridized carbons (Fsp3) is 0.235. The Bertz CT molecular complexity index is 838. The van der Waals surface area contributed by atoms with Gasteiger partial charge in [-0.25, -0.2) is 8.42 Å². The molecule has 0 aliphatic rings. The van der Waals surface area contributed by atoms with E-state index in [1.54, 1.807) is 55.5 Å². The molecule has 0 aliphatic carbocycles. The second-order valence-corrected chi connectivity index (χ2v) is 7.94. The summed E-state index contributed by atoms with van der Waals surface area (Å²) in [6.07, 6.45) is 1.07. The van der Waals surface area contributed by atoms with E-state index in [9.17, 15) is 13.2 Å². The summed E-state index contributed by atoms with van der Waals surface area (Å²) in [5.41, 5.74) is 1.86. The molecule has 2 aromatic carbocycles. The second kappa shape index (κ2) is 7.34. The molecular formula is C17H19ClN2O3S. The van der Waals surface area contributed by atoms with Crippen LogP contribution in [-0.4, -0.2) is 31.9 Å². The number of carbonyl (C=O) groups is 1. The summed E-state index contributed by atoms with van der Waals surface area (Å²) in [5, 5.41) is 3.30. The van der Waals surface area contributed by atoms with Gasteiger partial charge in [0.1, 0.15) is 6.04 Å². The molecule has 24 heavy (non-hydrogen) atoms. The number of nitrogens with zero attached hydrogens (tertiary/aromatic N) is 1. The van der Waals surface area contributed by atoms with Gasteiger partial charge in [-0.3, -0.25) is 4.79 Å². The smallest absolute Gasteiger partial charge is 0.247 e. The number of anilines is 1. The summed E-state index contributed by atoms with van der Waals surface area (Å²) >= 11 is 6.07. The van der Waals surface area contributed by atoms with Crippen LogP contribution in [0.25, 0.3) is 0 Å². The Kier molecular flexibility index (Phi) is 5.64. The normalized spacial score (nSPS) is 12.9. The lowest BCUT2D eigenvalue weighted by atomic mass is 10.1. The number of amides is 1. The molecule has 0 aromatic heterocycles. The van der Waals surface area contributed by atoms with Crippen LogP contribution >= 0.6 is 11.6 Å². The summed E-state index contributed by atoms with van der Waals surface area (Å²) in [6, 6.07) is 13.0. The zero-order valence-corrected chi connectivity index (χ0v) is 15.2. The van der Waals surface area contributed by atoms with E-state index in [0.29, 0.717) is 16.3 Å². The number of sulfonamides is 1. The fourth-order valence-corrected chi connectivity index (χ4v) is 3.07. The number of likely N-dealkylation sites (N-methyl/N-ethyl adjacent to an activating group) is 1. The van der Waals surface area contributed by atoms with Crippen molar-refractivity contribution in [2.75, 3.05) is 18.6 Å². The molecule has 1 amide bonds. The first kappa shape index (κ1) is 18.4. The molecule has 0 saturated heterocycles. The highest BCUT2D eigenvalue weighted by Crippen LogP contribution is 2.27. The summed E-state index contributed by atoms with van der Waals surface area (Å²) in [5.74, 6) is -0.445. The van der Waals surface area contributed by atoms with Crippen molar-refractivity contribution in [2.24, 2.45) is 0 Å². The maximum atomic E-state index is 12.8. The van der Waals surface area contributed by atoms with Crippen molar-refractivity contribution in [3.63, 3.8) is 0 Å². The number of hydrogen-bond donors (Lipinski definition) is 1. The minimum atomic E-state index is -3.56. The Labute approximate surface area is 147 Å². The van der Waals surface area contributed by atoms with Gasteiger partial charge in [-0.15, -0.1) is 0 Å². The Morgan fingerprint density at radius 2 is 1.75 bits per heavy atom. The van der Waals surface area contributed by atoms with Crippen LogP contribution < -0.4 is 5.32 Å². The predicted molar refractivity (Wildman–Crippen MR) is 96.6 cm³/mol. The molecule has 0 fully saturated rings. The zero-order chi connectivity index (χ0) is 17.9. The van der Waals surface area contributed by atoms with Crippen molar-refractivity contribution < 1.29 is 13.2 Å². The fourth-order valence-electron chi connectivity index (χ4n) is 2.30. The van der Waals surface area contributed by atoms with Crippen LogP contribution in [0.1, 0.15) is 17.2 Å². The van der Waals surface area contributed by atoms with Crippen molar-refractivity contribution in [2.45, 2.75) is 13.0 Å². The molecule has 128 valence electrons. The van der Waals surface area contributed by atoms with E-state index in [0.717, 1.165) is 16.1 Å². The van der Waals surface area contributed by atoms with E-state index in [2.05, 4.69) is 5.32 Å². The third kappa shape index (κ3) is 4.14. The van der Waals surface area contributed by atoms with Crippen LogP contribution in [0.15, 0.2) is 48.5 Å². The number of carbonyl (C=O) groups excluding carboxylic acids is 1. The summed E-state index contributed by atoms with van der Waals surface area (Å²) in [7, 11) is -2.17. The molecule has 0 bridgehead atoms. The first-order chi connectivity index (χ1) is 11.2. The summed E-state index contributed by atoms with van der Waals surface area (Å²) in [6.45, 7) is 1.79. The van der Waals surface area contributed by atoms with E-state index in [4.69, 9.17) is 11.6 Å². The van der Waals surface area contributed by atoms with E-state index >= 15 is 0 Å². The maximum Gasteiger partial charge on any atom is 0.247 e. The molecule has 0 aliphatic heterocycles. The van der Waals surface area contributed by atoms with Gasteiger partial charge in [0.2, 0.25) is 15.9 Å². The number of hydrogen-bond acceptors (Lipinski definition) is 3. The number of halogens is 1. The third-order valence-corrected chi connectivity index (χ3v) is 5.44. The lowest BCUT2D eigenvalue weighted by molar-refractivity contribution is -0.119. The topological polar surface area (TPSA) is 66.5 Å². The molecule has 1 atom stereocenters. The number of rotatable bonds is 5. The Morgan fingerprint density at radius 3 is 2.33 bits per heavy atom. The molecule has 2 aromatic rings. The van der Waals surface area contributed by atoms with Gasteiger partial charge in [-0.1, -0.05) is 48.0 Å². The van der Waals surface area contributed by atoms with Crippen molar-refractivity contribution in [1.29, 1.82) is 0 Å². The van der Waals surface area contributed by atoms with Gasteiger partial charge in [0, 0.05) is 17.8 Å². The van der Waals surface area contributed by atoms with E-state index in [1.807, 2.05) is 0 Å². The standard InChI is InChI=1S/C17H19ClN2O3S/c1-12-14(18)10-7-11-15(12)19-17(21)16(20(2)24(3,22)23)13-8-5-4-6-9-13/h4-11,16H,1-3H3,(H,19,21)/t16-/m0/s1. The van der Waals surface area contributed by atoms with Gasteiger partial charge < -0.3 is 5.32 Å². The average Bonchev–Trinajstić information content (AvgIpc) is 2.52. The molecule has 7 heteroatoms. The van der Waals surface area contributed by atoms with Crippen LogP contribution in [0.5, 0.6) is 0 Å². The summed E-state index contributed by atoms with van der Waals surface area (Å²) in [4.78, 5) is 12.8. The lowest BCUT2D eigenvalue weighted by Gasteiger charge is -2.26. The van der Waals surface area contributed by atoms with Gasteiger partial charge in [-0.2, -0.15) is 4.31 Å². The molecular weight excluding hydrogens is 348 g/mol. The van der Waals surface area contributed by atoms with Gasteiger partial charge in [-0.05, 0) is 30.2 Å². The van der Waals surface area contributed by atoms with Crippen molar-refractivity contribution in [1.82, 2.24) is 4.31 Å². The molecule has 0 saturated carbocycles. The van der Waals surface area contributed by atoms with Crippen LogP contribution in [0.2, 0.25) is 5.02 Å². The Hall–Kier alpha value is -1.89. The SMILES string of the molecule is Cc1c(Cl)cccc1NC(=O)[C@H](c1ccccc1)N(C)S(C)(=O)=O. The second-order valence-electron chi connectivity index (χ2n) is 5.49. The van der Waals surface area contributed by atoms with Crippen LogP contribution in [0.4, 0.5) is 5.69 Å². The van der Waals surface area contributed by atoms with Crippen LogP contribution in [0.3, 0.4) is 0 Å². The van der Waals surface area contributed by atoms with Crippen LogP contribution in [0, 0.1) is 6.92 Å². The largest absolute Gasteiger partial charge is 0.324 e. The highest BCUT2D eigenvalue weighted by atomic mass is 35.5. The first-order valence-corrected chi connectivity index (χ1v) is 9.48. The van der Waals surface area contributed by atoms with Gasteiger partial charge >= 0.3 is 0 Å². The highest BCUT2D eigenvalue weighted by Gasteiger charge is 2.31. The maximum absolute atomic E-state index is 12.8. The number of nitrogens with one attached hydrogen (secondary N) is 1. The third-order valence-electron chi connectivity index (χ3n) is 3.78. The van der Waals surface area contributed by atoms with E-state index < -0.39 is 22.0 Å². The number of benzene rings is 2. The molecule has 0 radical (unpaired) electrons. The summed E-state index contributed by atoms with van der Waals surface area (Å²) < 4.78 is 25.0. The molecule has 2 rings (SSSR count). The quantitative estimate of drug-likeness (QED) is 0.883. The molecule has 0 unspecified atom stereocenters. The Morgan fingerprint density at radius 1 is 1.12 bits per heavy atom. The monoisotopic (exact) mass is 366 g/mol.